The molecule has 0 heterocycles. The Balaban J connectivity index is 4.48. The van der Waals surface area contributed by atoms with E-state index in [1.165, 1.54) is 64.2 Å². The van der Waals surface area contributed by atoms with Gasteiger partial charge < -0.3 is 18.9 Å². The number of likely N-dealkylation sites (N-methyl/N-ethyl adjacent to an activating group) is 1. The number of allylic oxidation sites excluding steroid dienone is 3. The topological polar surface area (TPSA) is 138 Å². The van der Waals surface area contributed by atoms with Gasteiger partial charge in [0.2, 0.25) is 0 Å². The van der Waals surface area contributed by atoms with E-state index in [1.54, 1.807) is 0 Å². The third-order valence-corrected chi connectivity index (χ3v) is 10.2. The molecule has 0 saturated heterocycles. The summed E-state index contributed by atoms with van der Waals surface area (Å²) >= 11 is 0. The highest BCUT2D eigenvalue weighted by Crippen LogP contribution is 2.43. The van der Waals surface area contributed by atoms with E-state index in [-0.39, 0.29) is 38.1 Å². The molecule has 3 unspecified atom stereocenters. The molecule has 0 radical (unpaired) electrons. The van der Waals surface area contributed by atoms with Crippen LogP contribution < -0.4 is 0 Å². The number of ether oxygens (including phenoxy) is 2. The van der Waals surface area contributed by atoms with Crippen molar-refractivity contribution in [2.24, 2.45) is 0 Å². The Bertz CT molecular complexity index is 1000. The summed E-state index contributed by atoms with van der Waals surface area (Å²) in [5.74, 6) is -0.855. The van der Waals surface area contributed by atoms with Crippen LogP contribution in [0, 0.1) is 0 Å². The van der Waals surface area contributed by atoms with E-state index < -0.39 is 26.5 Å². The van der Waals surface area contributed by atoms with Gasteiger partial charge >= 0.3 is 19.8 Å². The van der Waals surface area contributed by atoms with E-state index >= 15 is 0 Å². The summed E-state index contributed by atoms with van der Waals surface area (Å²) in [6, 6.07) is 0. The number of rotatable bonds is 39. The van der Waals surface area contributed by atoms with E-state index in [2.05, 4.69) is 24.8 Å². The lowest BCUT2D eigenvalue weighted by Crippen LogP contribution is -2.37. The molecule has 0 aromatic rings. The number of unbranched alkanes of at least 4 members (excludes halogenated alkanes) is 19. The summed E-state index contributed by atoms with van der Waals surface area (Å²) in [6.45, 7) is 4.22. The van der Waals surface area contributed by atoms with Crippen LogP contribution in [0.5, 0.6) is 0 Å². The van der Waals surface area contributed by atoms with Crippen LogP contribution in [0.15, 0.2) is 24.3 Å². The Morgan fingerprint density at radius 1 is 0.667 bits per heavy atom. The molecule has 0 amide bonds. The second-order valence-corrected chi connectivity index (χ2v) is 17.1. The molecule has 3 atom stereocenters. The molecular formula is C42H81NO10P+. The normalized spacial score (nSPS) is 14.4. The van der Waals surface area contributed by atoms with Crippen molar-refractivity contribution in [1.29, 1.82) is 0 Å². The molecular weight excluding hydrogens is 709 g/mol. The fourth-order valence-electron chi connectivity index (χ4n) is 5.76. The molecule has 12 heteroatoms. The average molecular weight is 791 g/mol. The Morgan fingerprint density at radius 3 is 1.74 bits per heavy atom. The van der Waals surface area contributed by atoms with Gasteiger partial charge in [0.05, 0.1) is 27.7 Å². The van der Waals surface area contributed by atoms with Crippen molar-refractivity contribution in [2.45, 2.75) is 187 Å². The van der Waals surface area contributed by atoms with Crippen LogP contribution in [0.1, 0.15) is 174 Å². The fourth-order valence-corrected chi connectivity index (χ4v) is 6.50. The molecule has 2 N–H and O–H groups in total. The van der Waals surface area contributed by atoms with E-state index in [9.17, 15) is 19.0 Å². The van der Waals surface area contributed by atoms with Crippen molar-refractivity contribution in [3.8, 4) is 0 Å². The first-order valence-corrected chi connectivity index (χ1v) is 22.8. The van der Waals surface area contributed by atoms with Gasteiger partial charge in [0.1, 0.15) is 25.9 Å². The number of esters is 2. The zero-order chi connectivity index (χ0) is 40.2. The number of nitrogens with zero attached hydrogens (tertiary/aromatic N) is 1. The monoisotopic (exact) mass is 791 g/mol. The van der Waals surface area contributed by atoms with Gasteiger partial charge in [-0.25, -0.2) is 9.45 Å². The first-order chi connectivity index (χ1) is 25.9. The van der Waals surface area contributed by atoms with Crippen LogP contribution in [-0.2, 0) is 37.6 Å². The maximum absolute atomic E-state index is 12.7. The van der Waals surface area contributed by atoms with Gasteiger partial charge in [0.25, 0.3) is 0 Å². The molecule has 0 rings (SSSR count). The highest BCUT2D eigenvalue weighted by atomic mass is 31.2. The molecule has 0 saturated carbocycles. The van der Waals surface area contributed by atoms with Gasteiger partial charge in [0, 0.05) is 12.8 Å². The Hall–Kier alpha value is -1.59. The summed E-state index contributed by atoms with van der Waals surface area (Å²) in [7, 11) is 1.42. The molecule has 54 heavy (non-hydrogen) atoms. The number of hydrogen-bond donors (Lipinski definition) is 2. The lowest BCUT2D eigenvalue weighted by molar-refractivity contribution is -0.870. The zero-order valence-electron chi connectivity index (χ0n) is 35.0. The maximum Gasteiger partial charge on any atom is 0.472 e. The van der Waals surface area contributed by atoms with Crippen molar-refractivity contribution in [2.75, 3.05) is 47.5 Å². The molecule has 0 fully saturated rings. The number of phosphoric ester groups is 1. The third-order valence-electron chi connectivity index (χ3n) is 9.21. The van der Waals surface area contributed by atoms with Crippen LogP contribution in [0.2, 0.25) is 0 Å². The summed E-state index contributed by atoms with van der Waals surface area (Å²) in [5.41, 5.74) is 0. The van der Waals surface area contributed by atoms with E-state index in [0.29, 0.717) is 17.4 Å². The molecule has 0 aliphatic heterocycles. The maximum atomic E-state index is 12.7. The lowest BCUT2D eigenvalue weighted by Gasteiger charge is -2.24. The van der Waals surface area contributed by atoms with Crippen molar-refractivity contribution in [1.82, 2.24) is 0 Å². The number of carbonyl (C=O) groups is 2. The molecule has 0 spiro atoms. The number of carbonyl (C=O) groups excluding carboxylic acids is 2. The van der Waals surface area contributed by atoms with Gasteiger partial charge in [-0.3, -0.25) is 23.9 Å². The number of phosphoric acid groups is 1. The van der Waals surface area contributed by atoms with Crippen LogP contribution in [0.3, 0.4) is 0 Å². The lowest BCUT2D eigenvalue weighted by atomic mass is 10.0. The molecule has 0 aromatic heterocycles. The van der Waals surface area contributed by atoms with E-state index in [1.807, 2.05) is 39.4 Å². The van der Waals surface area contributed by atoms with Crippen LogP contribution in [0.25, 0.3) is 0 Å². The van der Waals surface area contributed by atoms with Crippen LogP contribution in [0.4, 0.5) is 0 Å². The summed E-state index contributed by atoms with van der Waals surface area (Å²) in [6.07, 6.45) is 32.5. The van der Waals surface area contributed by atoms with Crippen LogP contribution in [-0.4, -0.2) is 86.3 Å². The highest BCUT2D eigenvalue weighted by Gasteiger charge is 2.27. The zero-order valence-corrected chi connectivity index (χ0v) is 35.9. The van der Waals surface area contributed by atoms with Crippen molar-refractivity contribution >= 4 is 19.8 Å². The smallest absolute Gasteiger partial charge is 0.462 e. The van der Waals surface area contributed by atoms with Gasteiger partial charge in [-0.05, 0) is 32.1 Å². The molecule has 0 aliphatic rings. The largest absolute Gasteiger partial charge is 0.472 e. The van der Waals surface area contributed by atoms with E-state index in [0.717, 1.165) is 77.0 Å². The number of quaternary nitrogens is 1. The standard InChI is InChI=1S/C42H80NO10P/c1-6-8-10-11-12-13-14-15-16-19-22-25-29-33-41(44)49-37-40(38-51-54(47,48)50-36-35-43(3,4)5)52-42(45)34-30-26-23-20-17-18-21-24-28-32-39(53-46)31-27-9-7-2/h21,24,28,32,39-40H,6-20,22-23,25-27,29-31,33-38H2,1-5H3,(H-,46,47,48)/p+1. The first kappa shape index (κ1) is 52.4. The van der Waals surface area contributed by atoms with Gasteiger partial charge in [0.15, 0.2) is 6.10 Å². The number of hydrogen-bond acceptors (Lipinski definition) is 9. The molecule has 0 bridgehead atoms. The molecule has 0 aromatic carbocycles. The Morgan fingerprint density at radius 2 is 1.19 bits per heavy atom. The van der Waals surface area contributed by atoms with Gasteiger partial charge in [-0.1, -0.05) is 154 Å². The second-order valence-electron chi connectivity index (χ2n) is 15.7. The molecule has 318 valence electrons. The minimum Gasteiger partial charge on any atom is -0.462 e. The minimum atomic E-state index is -4.39. The highest BCUT2D eigenvalue weighted by molar-refractivity contribution is 7.47. The van der Waals surface area contributed by atoms with Crippen LogP contribution >= 0.6 is 7.82 Å². The SMILES string of the molecule is CCCCCCCCCCCCCCCC(=O)OCC(COP(=O)(O)OCC[N+](C)(C)C)OC(=O)CCCCCCCC=CC=CC(CCCCC)OO. The van der Waals surface area contributed by atoms with Crippen molar-refractivity contribution in [3.63, 3.8) is 0 Å². The second kappa shape index (κ2) is 35.8. The molecule has 0 aliphatic carbocycles. The Labute approximate surface area is 329 Å². The van der Waals surface area contributed by atoms with Gasteiger partial charge in [-0.15, -0.1) is 0 Å². The van der Waals surface area contributed by atoms with Crippen molar-refractivity contribution in [3.05, 3.63) is 24.3 Å². The van der Waals surface area contributed by atoms with Crippen molar-refractivity contribution < 1.29 is 52.2 Å². The first-order valence-electron chi connectivity index (χ1n) is 21.3. The summed E-state index contributed by atoms with van der Waals surface area (Å²) in [5, 5.41) is 9.02. The predicted octanol–water partition coefficient (Wildman–Crippen LogP) is 11.0. The van der Waals surface area contributed by atoms with E-state index in [4.69, 9.17) is 23.8 Å². The predicted molar refractivity (Wildman–Crippen MR) is 218 cm³/mol. The summed E-state index contributed by atoms with van der Waals surface area (Å²) < 4.78 is 34.2. The Kier molecular flexibility index (Phi) is 34.7. The van der Waals surface area contributed by atoms with Gasteiger partial charge in [-0.2, -0.15) is 0 Å². The quantitative estimate of drug-likeness (QED) is 0.0118. The average Bonchev–Trinajstić information content (AvgIpc) is 3.12. The molecule has 11 nitrogen and oxygen atoms in total. The third kappa shape index (κ3) is 37.3. The summed E-state index contributed by atoms with van der Waals surface area (Å²) in [4.78, 5) is 39.8. The fraction of sp³-hybridized carbons (Fsp3) is 0.857. The minimum absolute atomic E-state index is 0.0167.